The van der Waals surface area contributed by atoms with Crippen molar-refractivity contribution in [2.24, 2.45) is 0 Å². The second-order valence-corrected chi connectivity index (χ2v) is 8.67. The van der Waals surface area contributed by atoms with Crippen molar-refractivity contribution < 1.29 is 17.9 Å². The summed E-state index contributed by atoms with van der Waals surface area (Å²) in [6.07, 6.45) is 0.211. The molecular formula is C20H25ClN2O4S. The van der Waals surface area contributed by atoms with E-state index >= 15 is 0 Å². The fourth-order valence-corrected chi connectivity index (χ4v) is 4.24. The maximum Gasteiger partial charge on any atom is 0.245 e. The number of rotatable bonds is 9. The number of amides is 1. The van der Waals surface area contributed by atoms with Crippen molar-refractivity contribution in [1.82, 2.24) is 10.0 Å². The normalized spacial score (nSPS) is 12.6. The smallest absolute Gasteiger partial charge is 0.245 e. The van der Waals surface area contributed by atoms with Crippen LogP contribution in [0.15, 0.2) is 53.4 Å². The number of benzene rings is 2. The van der Waals surface area contributed by atoms with Gasteiger partial charge in [0.15, 0.2) is 0 Å². The summed E-state index contributed by atoms with van der Waals surface area (Å²) >= 11 is 5.99. The van der Waals surface area contributed by atoms with Crippen LogP contribution in [-0.2, 0) is 21.2 Å². The van der Waals surface area contributed by atoms with Gasteiger partial charge in [-0.05, 0) is 51.0 Å². The van der Waals surface area contributed by atoms with E-state index in [1.807, 2.05) is 44.2 Å². The van der Waals surface area contributed by atoms with E-state index in [9.17, 15) is 13.2 Å². The standard InChI is InChI=1S/C20H25ClN2O4S/c1-4-27-18-11-10-16(21)13-19(18)28(25,26)23-17(20(24)22-14(2)3)12-15-8-6-5-7-9-15/h5-11,13-14,17,23H,4,12H2,1-3H3,(H,22,24). The molecule has 1 unspecified atom stereocenters. The molecule has 0 heterocycles. The number of nitrogens with one attached hydrogen (secondary N) is 2. The highest BCUT2D eigenvalue weighted by Crippen LogP contribution is 2.27. The Balaban J connectivity index is 2.36. The van der Waals surface area contributed by atoms with Crippen LogP contribution in [0.5, 0.6) is 5.75 Å². The monoisotopic (exact) mass is 424 g/mol. The molecule has 2 rings (SSSR count). The third kappa shape index (κ3) is 6.22. The molecule has 1 amide bonds. The number of ether oxygens (including phenoxy) is 1. The Labute approximate surface area is 171 Å². The average molecular weight is 425 g/mol. The molecule has 0 aromatic heterocycles. The van der Waals surface area contributed by atoms with Crippen LogP contribution in [0, 0.1) is 0 Å². The molecule has 6 nitrogen and oxygen atoms in total. The summed E-state index contributed by atoms with van der Waals surface area (Å²) in [5, 5.41) is 3.02. The van der Waals surface area contributed by atoms with Gasteiger partial charge in [-0.25, -0.2) is 8.42 Å². The zero-order chi connectivity index (χ0) is 20.7. The van der Waals surface area contributed by atoms with Crippen molar-refractivity contribution in [3.8, 4) is 5.75 Å². The summed E-state index contributed by atoms with van der Waals surface area (Å²) in [5.74, 6) is -0.218. The molecule has 0 bridgehead atoms. The van der Waals surface area contributed by atoms with Crippen LogP contribution in [0.2, 0.25) is 5.02 Å². The Morgan fingerprint density at radius 3 is 2.43 bits per heavy atom. The molecule has 152 valence electrons. The lowest BCUT2D eigenvalue weighted by molar-refractivity contribution is -0.123. The Hall–Kier alpha value is -2.09. The highest BCUT2D eigenvalue weighted by Gasteiger charge is 2.28. The number of hydrogen-bond acceptors (Lipinski definition) is 4. The molecule has 0 saturated carbocycles. The summed E-state index contributed by atoms with van der Waals surface area (Å²) < 4.78 is 34.0. The maximum absolute atomic E-state index is 13.0. The summed E-state index contributed by atoms with van der Waals surface area (Å²) in [6, 6.07) is 12.5. The molecule has 0 aliphatic heterocycles. The first-order valence-electron chi connectivity index (χ1n) is 9.02. The van der Waals surface area contributed by atoms with E-state index in [2.05, 4.69) is 10.0 Å². The van der Waals surface area contributed by atoms with E-state index in [-0.39, 0.29) is 28.1 Å². The number of carbonyl (C=O) groups is 1. The van der Waals surface area contributed by atoms with Gasteiger partial charge >= 0.3 is 0 Å². The zero-order valence-corrected chi connectivity index (χ0v) is 17.7. The van der Waals surface area contributed by atoms with Crippen LogP contribution in [0.3, 0.4) is 0 Å². The second kappa shape index (κ2) is 9.91. The number of halogens is 1. The van der Waals surface area contributed by atoms with Gasteiger partial charge in [-0.1, -0.05) is 41.9 Å². The van der Waals surface area contributed by atoms with Gasteiger partial charge in [0, 0.05) is 11.1 Å². The predicted molar refractivity (Wildman–Crippen MR) is 110 cm³/mol. The lowest BCUT2D eigenvalue weighted by Crippen LogP contribution is -2.49. The van der Waals surface area contributed by atoms with E-state index in [1.54, 1.807) is 13.0 Å². The largest absolute Gasteiger partial charge is 0.492 e. The van der Waals surface area contributed by atoms with Gasteiger partial charge in [0.1, 0.15) is 16.7 Å². The molecule has 28 heavy (non-hydrogen) atoms. The minimum Gasteiger partial charge on any atom is -0.492 e. The second-order valence-electron chi connectivity index (χ2n) is 6.55. The molecule has 0 saturated heterocycles. The third-order valence-corrected chi connectivity index (χ3v) is 5.55. The Kier molecular flexibility index (Phi) is 7.86. The SMILES string of the molecule is CCOc1ccc(Cl)cc1S(=O)(=O)NC(Cc1ccccc1)C(=O)NC(C)C. The van der Waals surface area contributed by atoms with Crippen LogP contribution in [0.25, 0.3) is 0 Å². The molecule has 0 fully saturated rings. The quantitative estimate of drug-likeness (QED) is 0.647. The van der Waals surface area contributed by atoms with Gasteiger partial charge in [-0.2, -0.15) is 4.72 Å². The predicted octanol–water partition coefficient (Wildman–Crippen LogP) is 3.15. The van der Waals surface area contributed by atoms with Crippen LogP contribution in [0.4, 0.5) is 0 Å². The van der Waals surface area contributed by atoms with Gasteiger partial charge in [0.2, 0.25) is 15.9 Å². The lowest BCUT2D eigenvalue weighted by atomic mass is 10.1. The van der Waals surface area contributed by atoms with Gasteiger partial charge in [-0.15, -0.1) is 0 Å². The van der Waals surface area contributed by atoms with Crippen molar-refractivity contribution in [2.75, 3.05) is 6.61 Å². The molecule has 1 atom stereocenters. The van der Waals surface area contributed by atoms with E-state index in [0.717, 1.165) is 5.56 Å². The minimum atomic E-state index is -4.06. The van der Waals surface area contributed by atoms with E-state index in [0.29, 0.717) is 6.61 Å². The van der Waals surface area contributed by atoms with E-state index in [1.165, 1.54) is 12.1 Å². The van der Waals surface area contributed by atoms with Crippen molar-refractivity contribution >= 4 is 27.5 Å². The minimum absolute atomic E-state index is 0.0998. The maximum atomic E-state index is 13.0. The van der Waals surface area contributed by atoms with Crippen molar-refractivity contribution in [3.05, 3.63) is 59.1 Å². The summed E-state index contributed by atoms with van der Waals surface area (Å²) in [4.78, 5) is 12.5. The number of sulfonamides is 1. The van der Waals surface area contributed by atoms with Crippen molar-refractivity contribution in [1.29, 1.82) is 0 Å². The first kappa shape index (κ1) is 22.2. The Morgan fingerprint density at radius 2 is 1.82 bits per heavy atom. The molecule has 2 aromatic carbocycles. The van der Waals surface area contributed by atoms with Gasteiger partial charge < -0.3 is 10.1 Å². The molecule has 2 N–H and O–H groups in total. The Bertz CT molecular complexity index is 902. The van der Waals surface area contributed by atoms with Gasteiger partial charge in [0.25, 0.3) is 0 Å². The zero-order valence-electron chi connectivity index (χ0n) is 16.1. The average Bonchev–Trinajstić information content (AvgIpc) is 2.63. The molecule has 2 aromatic rings. The molecule has 0 spiro atoms. The Morgan fingerprint density at radius 1 is 1.14 bits per heavy atom. The van der Waals surface area contributed by atoms with Crippen molar-refractivity contribution in [2.45, 2.75) is 44.2 Å². The van der Waals surface area contributed by atoms with E-state index in [4.69, 9.17) is 16.3 Å². The van der Waals surface area contributed by atoms with Gasteiger partial charge in [0.05, 0.1) is 6.61 Å². The molecule has 0 radical (unpaired) electrons. The van der Waals surface area contributed by atoms with Crippen LogP contribution in [0.1, 0.15) is 26.3 Å². The summed E-state index contributed by atoms with van der Waals surface area (Å²) in [6.45, 7) is 5.68. The fourth-order valence-electron chi connectivity index (χ4n) is 2.64. The highest BCUT2D eigenvalue weighted by molar-refractivity contribution is 7.89. The van der Waals surface area contributed by atoms with Crippen LogP contribution < -0.4 is 14.8 Å². The summed E-state index contributed by atoms with van der Waals surface area (Å²) in [5.41, 5.74) is 0.838. The highest BCUT2D eigenvalue weighted by atomic mass is 35.5. The molecular weight excluding hydrogens is 400 g/mol. The summed E-state index contributed by atoms with van der Waals surface area (Å²) in [7, 11) is -4.06. The van der Waals surface area contributed by atoms with E-state index < -0.39 is 22.0 Å². The molecule has 0 aliphatic carbocycles. The van der Waals surface area contributed by atoms with Gasteiger partial charge in [-0.3, -0.25) is 4.79 Å². The van der Waals surface area contributed by atoms with Crippen molar-refractivity contribution in [3.63, 3.8) is 0 Å². The third-order valence-electron chi connectivity index (χ3n) is 3.82. The topological polar surface area (TPSA) is 84.5 Å². The lowest BCUT2D eigenvalue weighted by Gasteiger charge is -2.21. The van der Waals surface area contributed by atoms with Crippen LogP contribution >= 0.6 is 11.6 Å². The first-order valence-corrected chi connectivity index (χ1v) is 10.9. The first-order chi connectivity index (χ1) is 13.2. The molecule has 8 heteroatoms. The van der Waals surface area contributed by atoms with Crippen LogP contribution in [-0.4, -0.2) is 33.0 Å². The molecule has 0 aliphatic rings. The number of hydrogen-bond donors (Lipinski definition) is 2. The fraction of sp³-hybridized carbons (Fsp3) is 0.350. The number of carbonyl (C=O) groups excluding carboxylic acids is 1.